The van der Waals surface area contributed by atoms with E-state index in [-0.39, 0.29) is 12.0 Å². The van der Waals surface area contributed by atoms with Gasteiger partial charge in [-0.3, -0.25) is 18.9 Å². The lowest BCUT2D eigenvalue weighted by Gasteiger charge is -2.24. The molecule has 7 rings (SSSR count). The fourth-order valence-corrected chi connectivity index (χ4v) is 7.22. The van der Waals surface area contributed by atoms with Gasteiger partial charge in [-0.25, -0.2) is 14.8 Å². The molecule has 2 aliphatic rings. The van der Waals surface area contributed by atoms with Crippen molar-refractivity contribution in [3.63, 3.8) is 0 Å². The molecule has 1 aliphatic heterocycles. The number of fused-ring (bicyclic) bond motifs is 2. The Kier molecular flexibility index (Phi) is 8.82. The maximum Gasteiger partial charge on any atom is 0.330 e. The Bertz CT molecular complexity index is 2250. The molecule has 0 spiro atoms. The SMILES string of the molecule is COc1nc(-c2cccc(-c3cccc(Nc4nccc5c4c(=O)n(C)c(=O)n5C)c3C)c2Cl)cc2c1[C@@H](N=CC1CCOC[C@@H]1O)CC2. The van der Waals surface area contributed by atoms with Crippen molar-refractivity contribution in [2.45, 2.75) is 38.3 Å². The lowest BCUT2D eigenvalue weighted by atomic mass is 9.96. The van der Waals surface area contributed by atoms with Crippen molar-refractivity contribution in [3.8, 4) is 28.3 Å². The number of ether oxygens (including phenoxy) is 2. The second-order valence-electron chi connectivity index (χ2n) is 12.6. The average molecular weight is 681 g/mol. The van der Waals surface area contributed by atoms with Gasteiger partial charge in [0.1, 0.15) is 11.2 Å². The summed E-state index contributed by atoms with van der Waals surface area (Å²) in [5, 5.41) is 14.5. The zero-order chi connectivity index (χ0) is 34.4. The van der Waals surface area contributed by atoms with Gasteiger partial charge in [0.05, 0.1) is 42.1 Å². The van der Waals surface area contributed by atoms with E-state index in [1.165, 1.54) is 11.6 Å². The smallest absolute Gasteiger partial charge is 0.330 e. The van der Waals surface area contributed by atoms with E-state index < -0.39 is 17.4 Å². The second kappa shape index (κ2) is 13.2. The van der Waals surface area contributed by atoms with Gasteiger partial charge >= 0.3 is 5.69 Å². The number of hydrogen-bond donors (Lipinski definition) is 2. The van der Waals surface area contributed by atoms with E-state index in [1.54, 1.807) is 26.4 Å². The standard InChI is InChI=1S/C37H37ClN6O5/c1-20-23(7-6-10-26(20)41-34-32-29(13-15-39-34)43(2)37(47)44(3)36(32)46)24-8-5-9-25(33(24)38)28-17-21-11-12-27(31(21)35(42-28)48-4)40-18-22-14-16-49-19-30(22)45/h5-10,13,15,17-18,22,27,30,45H,11-12,14,16,19H2,1-4H3,(H,39,41)/t22?,27-,30-/m0/s1. The Morgan fingerprint density at radius 2 is 1.86 bits per heavy atom. The lowest BCUT2D eigenvalue weighted by Crippen LogP contribution is -2.37. The number of benzene rings is 2. The van der Waals surface area contributed by atoms with Crippen LogP contribution in [0.5, 0.6) is 5.88 Å². The fraction of sp³-hybridized carbons (Fsp3) is 0.324. The number of rotatable bonds is 7. The highest BCUT2D eigenvalue weighted by atomic mass is 35.5. The van der Waals surface area contributed by atoms with Crippen LogP contribution in [0, 0.1) is 12.8 Å². The third-order valence-electron chi connectivity index (χ3n) is 9.69. The summed E-state index contributed by atoms with van der Waals surface area (Å²) in [6, 6.07) is 15.4. The highest BCUT2D eigenvalue weighted by Crippen LogP contribution is 2.44. The van der Waals surface area contributed by atoms with Crippen LogP contribution in [0.3, 0.4) is 0 Å². The van der Waals surface area contributed by atoms with Gasteiger partial charge in [0.2, 0.25) is 5.88 Å². The van der Waals surface area contributed by atoms with Crippen LogP contribution in [0.15, 0.2) is 69.3 Å². The van der Waals surface area contributed by atoms with Crippen LogP contribution >= 0.6 is 11.6 Å². The van der Waals surface area contributed by atoms with Gasteiger partial charge in [0.25, 0.3) is 5.56 Å². The van der Waals surface area contributed by atoms with Crippen LogP contribution < -0.4 is 21.3 Å². The van der Waals surface area contributed by atoms with E-state index >= 15 is 0 Å². The van der Waals surface area contributed by atoms with E-state index in [9.17, 15) is 14.7 Å². The molecule has 49 heavy (non-hydrogen) atoms. The molecule has 4 heterocycles. The predicted molar refractivity (Wildman–Crippen MR) is 191 cm³/mol. The minimum atomic E-state index is -0.546. The van der Waals surface area contributed by atoms with Crippen molar-refractivity contribution >= 4 is 40.2 Å². The summed E-state index contributed by atoms with van der Waals surface area (Å²) in [6.45, 7) is 2.93. The summed E-state index contributed by atoms with van der Waals surface area (Å²) < 4.78 is 13.7. The monoisotopic (exact) mass is 680 g/mol. The van der Waals surface area contributed by atoms with Crippen molar-refractivity contribution in [2.24, 2.45) is 25.0 Å². The molecule has 2 aromatic carbocycles. The molecule has 5 aromatic rings. The first-order chi connectivity index (χ1) is 23.7. The molecule has 252 valence electrons. The maximum atomic E-state index is 13.2. The Morgan fingerprint density at radius 1 is 1.08 bits per heavy atom. The van der Waals surface area contributed by atoms with Gasteiger partial charge in [-0.1, -0.05) is 41.9 Å². The first-order valence-corrected chi connectivity index (χ1v) is 16.6. The van der Waals surface area contributed by atoms with Gasteiger partial charge in [0.15, 0.2) is 0 Å². The summed E-state index contributed by atoms with van der Waals surface area (Å²) in [4.78, 5) is 40.0. The minimum absolute atomic E-state index is 0.0272. The highest BCUT2D eigenvalue weighted by molar-refractivity contribution is 6.36. The predicted octanol–water partition coefficient (Wildman–Crippen LogP) is 5.53. The molecule has 3 atom stereocenters. The number of nitrogens with one attached hydrogen (secondary N) is 1. The van der Waals surface area contributed by atoms with E-state index in [1.807, 2.05) is 49.5 Å². The van der Waals surface area contributed by atoms with Gasteiger partial charge in [-0.2, -0.15) is 0 Å². The maximum absolute atomic E-state index is 13.2. The van der Waals surface area contributed by atoms with Crippen LogP contribution in [-0.2, 0) is 25.3 Å². The number of aromatic nitrogens is 4. The van der Waals surface area contributed by atoms with Crippen LogP contribution in [0.4, 0.5) is 11.5 Å². The molecule has 1 aliphatic carbocycles. The lowest BCUT2D eigenvalue weighted by molar-refractivity contribution is -0.0231. The Balaban J connectivity index is 1.23. The number of aliphatic imine (C=N–C) groups is 1. The normalized spacial score (nSPS) is 19.0. The van der Waals surface area contributed by atoms with E-state index in [2.05, 4.69) is 16.4 Å². The van der Waals surface area contributed by atoms with Gasteiger partial charge in [-0.15, -0.1) is 0 Å². The summed E-state index contributed by atoms with van der Waals surface area (Å²) in [5.41, 5.74) is 6.60. The highest BCUT2D eigenvalue weighted by Gasteiger charge is 2.30. The number of aliphatic hydroxyl groups is 1. The second-order valence-corrected chi connectivity index (χ2v) is 12.9. The minimum Gasteiger partial charge on any atom is -0.481 e. The topological polar surface area (TPSA) is 133 Å². The zero-order valence-corrected chi connectivity index (χ0v) is 28.5. The number of methoxy groups -OCH3 is 1. The molecule has 0 saturated carbocycles. The number of pyridine rings is 2. The third kappa shape index (κ3) is 5.81. The molecule has 0 amide bonds. The number of anilines is 2. The summed E-state index contributed by atoms with van der Waals surface area (Å²) in [5.74, 6) is 0.852. The molecule has 3 aromatic heterocycles. The molecule has 0 radical (unpaired) electrons. The van der Waals surface area contributed by atoms with Crippen LogP contribution in [0.25, 0.3) is 33.3 Å². The largest absolute Gasteiger partial charge is 0.481 e. The number of nitrogens with zero attached hydrogens (tertiary/aromatic N) is 5. The van der Waals surface area contributed by atoms with Crippen LogP contribution in [-0.4, -0.2) is 56.9 Å². The van der Waals surface area contributed by atoms with Crippen molar-refractivity contribution in [2.75, 3.05) is 25.6 Å². The molecule has 12 heteroatoms. The van der Waals surface area contributed by atoms with Crippen LogP contribution in [0.1, 0.15) is 35.6 Å². The average Bonchev–Trinajstić information content (AvgIpc) is 3.53. The first kappa shape index (κ1) is 32.7. The van der Waals surface area contributed by atoms with Gasteiger partial charge in [-0.05, 0) is 61.1 Å². The van der Waals surface area contributed by atoms with E-state index in [0.29, 0.717) is 46.5 Å². The molecule has 0 bridgehead atoms. The molecule has 2 N–H and O–H groups in total. The number of aliphatic hydroxyl groups excluding tert-OH is 1. The Morgan fingerprint density at radius 3 is 2.65 bits per heavy atom. The van der Waals surface area contributed by atoms with Gasteiger partial charge < -0.3 is 19.9 Å². The van der Waals surface area contributed by atoms with Crippen molar-refractivity contribution in [1.82, 2.24) is 19.1 Å². The molecule has 1 fully saturated rings. The molecular formula is C37H37ClN6O5. The van der Waals surface area contributed by atoms with Gasteiger partial charge in [0, 0.05) is 61.4 Å². The zero-order valence-electron chi connectivity index (χ0n) is 27.7. The van der Waals surface area contributed by atoms with Crippen molar-refractivity contribution in [3.05, 3.63) is 97.3 Å². The van der Waals surface area contributed by atoms with Crippen molar-refractivity contribution in [1.29, 1.82) is 0 Å². The summed E-state index contributed by atoms with van der Waals surface area (Å²) in [6.07, 6.45) is 5.30. The summed E-state index contributed by atoms with van der Waals surface area (Å²) in [7, 11) is 4.71. The molecule has 11 nitrogen and oxygen atoms in total. The van der Waals surface area contributed by atoms with E-state index in [4.69, 9.17) is 31.1 Å². The molecule has 1 unspecified atom stereocenters. The van der Waals surface area contributed by atoms with Crippen molar-refractivity contribution < 1.29 is 14.6 Å². The number of aryl methyl sites for hydroxylation is 2. The molecule has 1 saturated heterocycles. The summed E-state index contributed by atoms with van der Waals surface area (Å²) >= 11 is 7.19. The molecular weight excluding hydrogens is 644 g/mol. The Hall–Kier alpha value is -4.84. The Labute approximate surface area is 287 Å². The quantitative estimate of drug-likeness (QED) is 0.215. The van der Waals surface area contributed by atoms with Crippen LogP contribution in [0.2, 0.25) is 5.02 Å². The first-order valence-electron chi connectivity index (χ1n) is 16.3. The fourth-order valence-electron chi connectivity index (χ4n) is 6.90. The third-order valence-corrected chi connectivity index (χ3v) is 10.1. The number of halogens is 1. The van der Waals surface area contributed by atoms with E-state index in [0.717, 1.165) is 62.9 Å². The number of hydrogen-bond acceptors (Lipinski definition) is 9.